The highest BCUT2D eigenvalue weighted by Crippen LogP contribution is 2.18. The summed E-state index contributed by atoms with van der Waals surface area (Å²) in [5.41, 5.74) is 2.67. The Balaban J connectivity index is 0.00000176. The van der Waals surface area contributed by atoms with Crippen LogP contribution in [0, 0.1) is 6.92 Å². The van der Waals surface area contributed by atoms with Crippen molar-refractivity contribution in [1.82, 2.24) is 15.3 Å². The van der Waals surface area contributed by atoms with E-state index in [2.05, 4.69) is 20.6 Å². The van der Waals surface area contributed by atoms with Gasteiger partial charge in [-0.1, -0.05) is 0 Å². The number of nitrogens with one attached hydrogen (secondary N) is 2. The van der Waals surface area contributed by atoms with Crippen LogP contribution in [0.15, 0.2) is 36.5 Å². The van der Waals surface area contributed by atoms with Gasteiger partial charge in [0.25, 0.3) is 0 Å². The van der Waals surface area contributed by atoms with Gasteiger partial charge in [0.2, 0.25) is 5.91 Å². The maximum atomic E-state index is 12.0. The highest BCUT2D eigenvalue weighted by Gasteiger charge is 2.21. The molecule has 0 spiro atoms. The summed E-state index contributed by atoms with van der Waals surface area (Å²) in [5, 5.41) is 6.12. The van der Waals surface area contributed by atoms with Gasteiger partial charge in [-0.25, -0.2) is 9.97 Å². The average Bonchev–Trinajstić information content (AvgIpc) is 3.02. The second-order valence-corrected chi connectivity index (χ2v) is 5.24. The number of aromatic nitrogens is 2. The van der Waals surface area contributed by atoms with Gasteiger partial charge >= 0.3 is 0 Å². The molecule has 1 aliphatic heterocycles. The van der Waals surface area contributed by atoms with Gasteiger partial charge in [0.15, 0.2) is 5.82 Å². The molecule has 2 heterocycles. The molecule has 1 saturated heterocycles. The fourth-order valence-electron chi connectivity index (χ4n) is 2.43. The molecule has 1 amide bonds. The maximum absolute atomic E-state index is 12.0. The van der Waals surface area contributed by atoms with Crippen LogP contribution in [0.4, 0.5) is 5.69 Å². The van der Waals surface area contributed by atoms with Gasteiger partial charge in [-0.2, -0.15) is 0 Å². The Bertz CT molecular complexity index is 639. The number of amides is 1. The molecule has 0 saturated carbocycles. The summed E-state index contributed by atoms with van der Waals surface area (Å²) in [7, 11) is 0. The summed E-state index contributed by atoms with van der Waals surface area (Å²) < 4.78 is 0. The van der Waals surface area contributed by atoms with Crippen molar-refractivity contribution in [2.24, 2.45) is 0 Å². The van der Waals surface area contributed by atoms with E-state index in [1.54, 1.807) is 6.20 Å². The molecule has 1 unspecified atom stereocenters. The third kappa shape index (κ3) is 3.81. The Hall–Kier alpha value is -1.98. The second-order valence-electron chi connectivity index (χ2n) is 5.24. The van der Waals surface area contributed by atoms with Gasteiger partial charge in [0.05, 0.1) is 6.04 Å². The first-order valence-electron chi connectivity index (χ1n) is 7.17. The van der Waals surface area contributed by atoms with Crippen LogP contribution in [0.1, 0.15) is 18.5 Å². The Kier molecular flexibility index (Phi) is 5.46. The van der Waals surface area contributed by atoms with E-state index in [9.17, 15) is 4.79 Å². The zero-order valence-electron chi connectivity index (χ0n) is 12.4. The predicted octanol–water partition coefficient (Wildman–Crippen LogP) is 2.56. The molecule has 3 rings (SSSR count). The predicted molar refractivity (Wildman–Crippen MR) is 89.1 cm³/mol. The van der Waals surface area contributed by atoms with Gasteiger partial charge in [0.1, 0.15) is 0 Å². The van der Waals surface area contributed by atoms with Crippen molar-refractivity contribution in [3.05, 3.63) is 42.2 Å². The molecule has 6 heteroatoms. The minimum atomic E-state index is -0.0650. The van der Waals surface area contributed by atoms with Crippen LogP contribution in [0.2, 0.25) is 0 Å². The lowest BCUT2D eigenvalue weighted by Gasteiger charge is -2.11. The van der Waals surface area contributed by atoms with Gasteiger partial charge in [-0.3, -0.25) is 4.79 Å². The van der Waals surface area contributed by atoms with Crippen LogP contribution in [0.25, 0.3) is 11.4 Å². The van der Waals surface area contributed by atoms with E-state index in [1.807, 2.05) is 37.3 Å². The molecule has 0 radical (unpaired) electrons. The van der Waals surface area contributed by atoms with E-state index in [-0.39, 0.29) is 24.4 Å². The maximum Gasteiger partial charge on any atom is 0.241 e. The number of halogens is 1. The first-order chi connectivity index (χ1) is 10.2. The smallest absolute Gasteiger partial charge is 0.241 e. The summed E-state index contributed by atoms with van der Waals surface area (Å²) in [6.45, 7) is 2.86. The summed E-state index contributed by atoms with van der Waals surface area (Å²) >= 11 is 0. The first kappa shape index (κ1) is 16.4. The molecule has 0 aliphatic carbocycles. The van der Waals surface area contributed by atoms with E-state index in [0.29, 0.717) is 5.82 Å². The fraction of sp³-hybridized carbons (Fsp3) is 0.312. The molecule has 1 fully saturated rings. The molecule has 5 nitrogen and oxygen atoms in total. The zero-order chi connectivity index (χ0) is 14.7. The number of anilines is 1. The average molecular weight is 319 g/mol. The van der Waals surface area contributed by atoms with Crippen LogP contribution < -0.4 is 10.6 Å². The number of carbonyl (C=O) groups excluding carboxylic acids is 1. The van der Waals surface area contributed by atoms with Gasteiger partial charge in [-0.15, -0.1) is 12.4 Å². The third-order valence-electron chi connectivity index (χ3n) is 3.58. The van der Waals surface area contributed by atoms with Crippen molar-refractivity contribution in [2.45, 2.75) is 25.8 Å². The van der Waals surface area contributed by atoms with Crippen LogP contribution in [0.5, 0.6) is 0 Å². The van der Waals surface area contributed by atoms with Crippen molar-refractivity contribution in [3.8, 4) is 11.4 Å². The normalized spacial score (nSPS) is 16.9. The number of hydrogen-bond donors (Lipinski definition) is 2. The Labute approximate surface area is 136 Å². The molecule has 2 N–H and O–H groups in total. The second kappa shape index (κ2) is 7.33. The van der Waals surface area contributed by atoms with Gasteiger partial charge in [0, 0.05) is 23.1 Å². The Morgan fingerprint density at radius 1 is 1.27 bits per heavy atom. The molecule has 116 valence electrons. The minimum absolute atomic E-state index is 0. The molecule has 22 heavy (non-hydrogen) atoms. The molecular weight excluding hydrogens is 300 g/mol. The monoisotopic (exact) mass is 318 g/mol. The lowest BCUT2D eigenvalue weighted by atomic mass is 10.1. The number of rotatable bonds is 3. The van der Waals surface area contributed by atoms with E-state index in [4.69, 9.17) is 0 Å². The van der Waals surface area contributed by atoms with Crippen molar-refractivity contribution < 1.29 is 4.79 Å². The van der Waals surface area contributed by atoms with Gasteiger partial charge < -0.3 is 10.6 Å². The van der Waals surface area contributed by atoms with Crippen LogP contribution >= 0.6 is 12.4 Å². The molecular formula is C16H19ClN4O. The van der Waals surface area contributed by atoms with E-state index in [0.717, 1.165) is 36.3 Å². The van der Waals surface area contributed by atoms with Crippen LogP contribution in [-0.4, -0.2) is 28.5 Å². The van der Waals surface area contributed by atoms with E-state index >= 15 is 0 Å². The lowest BCUT2D eigenvalue weighted by Crippen LogP contribution is -2.35. The van der Waals surface area contributed by atoms with Crippen molar-refractivity contribution in [2.75, 3.05) is 11.9 Å². The molecule has 1 aromatic carbocycles. The number of benzene rings is 1. The number of aryl methyl sites for hydroxylation is 1. The molecule has 1 atom stereocenters. The summed E-state index contributed by atoms with van der Waals surface area (Å²) in [6.07, 6.45) is 3.71. The van der Waals surface area contributed by atoms with Gasteiger partial charge in [-0.05, 0) is 56.6 Å². The van der Waals surface area contributed by atoms with Crippen LogP contribution in [-0.2, 0) is 4.79 Å². The largest absolute Gasteiger partial charge is 0.325 e. The van der Waals surface area contributed by atoms with Crippen molar-refractivity contribution >= 4 is 24.0 Å². The minimum Gasteiger partial charge on any atom is -0.325 e. The van der Waals surface area contributed by atoms with Crippen molar-refractivity contribution in [1.29, 1.82) is 0 Å². The molecule has 2 aromatic rings. The lowest BCUT2D eigenvalue weighted by molar-refractivity contribution is -0.117. The van der Waals surface area contributed by atoms with Crippen molar-refractivity contribution in [3.63, 3.8) is 0 Å². The third-order valence-corrected chi connectivity index (χ3v) is 3.58. The molecule has 0 bridgehead atoms. The Morgan fingerprint density at radius 2 is 2.05 bits per heavy atom. The summed E-state index contributed by atoms with van der Waals surface area (Å²) in [4.78, 5) is 20.7. The zero-order valence-corrected chi connectivity index (χ0v) is 13.2. The van der Waals surface area contributed by atoms with E-state index < -0.39 is 0 Å². The summed E-state index contributed by atoms with van der Waals surface area (Å²) in [6, 6.07) is 9.41. The number of hydrogen-bond acceptors (Lipinski definition) is 4. The van der Waals surface area contributed by atoms with E-state index in [1.165, 1.54) is 0 Å². The molecule has 1 aromatic heterocycles. The number of nitrogens with zero attached hydrogens (tertiary/aromatic N) is 2. The highest BCUT2D eigenvalue weighted by atomic mass is 35.5. The summed E-state index contributed by atoms with van der Waals surface area (Å²) in [5.74, 6) is 0.734. The highest BCUT2D eigenvalue weighted by molar-refractivity contribution is 5.95. The quantitative estimate of drug-likeness (QED) is 0.912. The fourth-order valence-corrected chi connectivity index (χ4v) is 2.43. The Morgan fingerprint density at radius 3 is 2.68 bits per heavy atom. The first-order valence-corrected chi connectivity index (χ1v) is 7.17. The number of carbonyl (C=O) groups is 1. The molecule has 1 aliphatic rings. The van der Waals surface area contributed by atoms with Crippen LogP contribution in [0.3, 0.4) is 0 Å². The SMILES string of the molecule is Cc1ccnc(-c2ccc(NC(=O)C3CCCN3)cc2)n1.Cl. The topological polar surface area (TPSA) is 66.9 Å². The standard InChI is InChI=1S/C16H18N4O.ClH/c1-11-8-10-18-15(19-11)12-4-6-13(7-5-12)20-16(21)14-3-2-9-17-14;/h4-8,10,14,17H,2-3,9H2,1H3,(H,20,21);1H.